The van der Waals surface area contributed by atoms with Crippen molar-refractivity contribution >= 4 is 35.1 Å². The van der Waals surface area contributed by atoms with E-state index < -0.39 is 17.8 Å². The summed E-state index contributed by atoms with van der Waals surface area (Å²) >= 11 is 11.8. The van der Waals surface area contributed by atoms with Gasteiger partial charge in [-0.1, -0.05) is 29.3 Å². The number of aliphatic carboxylic acids is 1. The minimum atomic E-state index is -0.884. The molecule has 114 valence electrons. The number of hydrogen-bond acceptors (Lipinski definition) is 2. The molecule has 1 fully saturated rings. The molecule has 0 spiro atoms. The monoisotopic (exact) mass is 329 g/mol. The molecule has 1 aliphatic rings. The molecule has 2 atom stereocenters. The second-order valence-corrected chi connectivity index (χ2v) is 6.04. The molecule has 0 heterocycles. The highest BCUT2D eigenvalue weighted by atomic mass is 35.5. The average molecular weight is 330 g/mol. The van der Waals surface area contributed by atoms with Crippen molar-refractivity contribution in [3.63, 3.8) is 0 Å². The molecule has 1 N–H and O–H groups in total. The van der Waals surface area contributed by atoms with E-state index in [1.807, 2.05) is 13.0 Å². The normalized spacial score (nSPS) is 20.7. The number of rotatable bonds is 5. The SMILES string of the molecule is CCN(Cc1ccc(Cl)c(Cl)c1)C(=O)C1CCC1C(=O)O. The van der Waals surface area contributed by atoms with Gasteiger partial charge in [0.1, 0.15) is 0 Å². The molecule has 0 aromatic heterocycles. The predicted octanol–water partition coefficient (Wildman–Crippen LogP) is 3.45. The lowest BCUT2D eigenvalue weighted by Crippen LogP contribution is -2.45. The quantitative estimate of drug-likeness (QED) is 0.899. The maximum atomic E-state index is 12.4. The van der Waals surface area contributed by atoms with E-state index in [4.69, 9.17) is 28.3 Å². The highest BCUT2D eigenvalue weighted by Gasteiger charge is 2.42. The average Bonchev–Trinajstić information content (AvgIpc) is 2.37. The van der Waals surface area contributed by atoms with Gasteiger partial charge in [-0.05, 0) is 37.5 Å². The molecule has 1 saturated carbocycles. The first kappa shape index (κ1) is 16.1. The van der Waals surface area contributed by atoms with Crippen molar-refractivity contribution in [2.24, 2.45) is 11.8 Å². The van der Waals surface area contributed by atoms with Crippen molar-refractivity contribution in [3.05, 3.63) is 33.8 Å². The summed E-state index contributed by atoms with van der Waals surface area (Å²) in [5.41, 5.74) is 0.880. The van der Waals surface area contributed by atoms with E-state index >= 15 is 0 Å². The summed E-state index contributed by atoms with van der Waals surface area (Å²) < 4.78 is 0. The molecule has 0 bridgehead atoms. The van der Waals surface area contributed by atoms with Crippen molar-refractivity contribution in [3.8, 4) is 0 Å². The second kappa shape index (κ2) is 6.67. The molecule has 1 aromatic carbocycles. The van der Waals surface area contributed by atoms with Crippen LogP contribution >= 0.6 is 23.2 Å². The van der Waals surface area contributed by atoms with Crippen LogP contribution in [0.1, 0.15) is 25.3 Å². The van der Waals surface area contributed by atoms with Gasteiger partial charge < -0.3 is 10.0 Å². The third kappa shape index (κ3) is 3.50. The van der Waals surface area contributed by atoms with Crippen molar-refractivity contribution in [2.45, 2.75) is 26.3 Å². The summed E-state index contributed by atoms with van der Waals surface area (Å²) in [5, 5.41) is 9.98. The number of halogens is 2. The van der Waals surface area contributed by atoms with Crippen LogP contribution in [0.2, 0.25) is 10.0 Å². The lowest BCUT2D eigenvalue weighted by atomic mass is 9.73. The van der Waals surface area contributed by atoms with Crippen molar-refractivity contribution < 1.29 is 14.7 Å². The molecular formula is C15H17Cl2NO3. The van der Waals surface area contributed by atoms with Crippen molar-refractivity contribution in [2.75, 3.05) is 6.54 Å². The van der Waals surface area contributed by atoms with Gasteiger partial charge >= 0.3 is 5.97 Å². The van der Waals surface area contributed by atoms with Gasteiger partial charge in [-0.3, -0.25) is 9.59 Å². The van der Waals surface area contributed by atoms with Gasteiger partial charge in [0.2, 0.25) is 5.91 Å². The molecular weight excluding hydrogens is 313 g/mol. The maximum Gasteiger partial charge on any atom is 0.307 e. The number of carboxylic acid groups (broad SMARTS) is 1. The van der Waals surface area contributed by atoms with Crippen molar-refractivity contribution in [1.29, 1.82) is 0 Å². The molecule has 6 heteroatoms. The van der Waals surface area contributed by atoms with E-state index in [-0.39, 0.29) is 5.91 Å². The van der Waals surface area contributed by atoms with Gasteiger partial charge in [-0.15, -0.1) is 0 Å². The third-order valence-electron chi connectivity index (χ3n) is 3.96. The van der Waals surface area contributed by atoms with E-state index in [0.717, 1.165) is 5.56 Å². The van der Waals surface area contributed by atoms with E-state index in [0.29, 0.717) is 36.0 Å². The zero-order valence-corrected chi connectivity index (χ0v) is 13.2. The zero-order valence-electron chi connectivity index (χ0n) is 11.7. The zero-order chi connectivity index (χ0) is 15.6. The number of carbonyl (C=O) groups is 2. The molecule has 0 aliphatic heterocycles. The molecule has 1 aliphatic carbocycles. The Morgan fingerprint density at radius 1 is 1.24 bits per heavy atom. The number of carbonyl (C=O) groups excluding carboxylic acids is 1. The molecule has 1 amide bonds. The Labute approximate surface area is 133 Å². The van der Waals surface area contributed by atoms with E-state index in [9.17, 15) is 9.59 Å². The molecule has 4 nitrogen and oxygen atoms in total. The summed E-state index contributed by atoms with van der Waals surface area (Å²) in [7, 11) is 0. The van der Waals surface area contributed by atoms with Gasteiger partial charge in [0, 0.05) is 13.1 Å². The van der Waals surface area contributed by atoms with Crippen LogP contribution in [0.15, 0.2) is 18.2 Å². The summed E-state index contributed by atoms with van der Waals surface area (Å²) in [5.74, 6) is -1.92. The molecule has 0 saturated heterocycles. The number of carboxylic acids is 1. The fourth-order valence-electron chi connectivity index (χ4n) is 2.53. The Morgan fingerprint density at radius 3 is 2.38 bits per heavy atom. The smallest absolute Gasteiger partial charge is 0.307 e. The lowest BCUT2D eigenvalue weighted by Gasteiger charge is -2.36. The van der Waals surface area contributed by atoms with Crippen LogP contribution in [-0.4, -0.2) is 28.4 Å². The number of nitrogens with zero attached hydrogens (tertiary/aromatic N) is 1. The Kier molecular flexibility index (Phi) is 5.12. The van der Waals surface area contributed by atoms with Crippen LogP contribution in [0.4, 0.5) is 0 Å². The van der Waals surface area contributed by atoms with Gasteiger partial charge in [0.25, 0.3) is 0 Å². The number of benzene rings is 1. The van der Waals surface area contributed by atoms with E-state index in [1.54, 1.807) is 17.0 Å². The highest BCUT2D eigenvalue weighted by Crippen LogP contribution is 2.36. The molecule has 1 aromatic rings. The van der Waals surface area contributed by atoms with Crippen molar-refractivity contribution in [1.82, 2.24) is 4.90 Å². The Morgan fingerprint density at radius 2 is 1.90 bits per heavy atom. The first-order chi connectivity index (χ1) is 9.93. The number of amides is 1. The van der Waals surface area contributed by atoms with E-state index in [2.05, 4.69) is 0 Å². The summed E-state index contributed by atoms with van der Waals surface area (Å²) in [6.07, 6.45) is 1.23. The topological polar surface area (TPSA) is 57.6 Å². The van der Waals surface area contributed by atoms with Crippen LogP contribution in [0.25, 0.3) is 0 Å². The van der Waals surface area contributed by atoms with Crippen LogP contribution < -0.4 is 0 Å². The standard InChI is InChI=1S/C15H17Cl2NO3/c1-2-18(8-9-3-6-12(16)13(17)7-9)14(19)10-4-5-11(10)15(20)21/h3,6-7,10-11H,2,4-5,8H2,1H3,(H,20,21). The second-order valence-electron chi connectivity index (χ2n) is 5.23. The van der Waals surface area contributed by atoms with Gasteiger partial charge in [-0.25, -0.2) is 0 Å². The summed E-state index contributed by atoms with van der Waals surface area (Å²) in [6, 6.07) is 5.25. The minimum Gasteiger partial charge on any atom is -0.481 e. The summed E-state index contributed by atoms with van der Waals surface area (Å²) in [6.45, 7) is 2.82. The first-order valence-electron chi connectivity index (χ1n) is 6.89. The number of hydrogen-bond donors (Lipinski definition) is 1. The Hall–Kier alpha value is -1.26. The fourth-order valence-corrected chi connectivity index (χ4v) is 2.85. The molecule has 2 rings (SSSR count). The largest absolute Gasteiger partial charge is 0.481 e. The first-order valence-corrected chi connectivity index (χ1v) is 7.65. The van der Waals surface area contributed by atoms with Crippen LogP contribution in [-0.2, 0) is 16.1 Å². The highest BCUT2D eigenvalue weighted by molar-refractivity contribution is 6.42. The van der Waals surface area contributed by atoms with Gasteiger partial charge in [-0.2, -0.15) is 0 Å². The molecule has 0 radical (unpaired) electrons. The van der Waals surface area contributed by atoms with Crippen LogP contribution in [0.5, 0.6) is 0 Å². The Bertz CT molecular complexity index is 562. The van der Waals surface area contributed by atoms with E-state index in [1.165, 1.54) is 0 Å². The summed E-state index contributed by atoms with van der Waals surface area (Å²) in [4.78, 5) is 25.1. The maximum absolute atomic E-state index is 12.4. The molecule has 21 heavy (non-hydrogen) atoms. The lowest BCUT2D eigenvalue weighted by molar-refractivity contribution is -0.156. The Balaban J connectivity index is 2.07. The van der Waals surface area contributed by atoms with Crippen LogP contribution in [0.3, 0.4) is 0 Å². The van der Waals surface area contributed by atoms with Crippen LogP contribution in [0, 0.1) is 11.8 Å². The third-order valence-corrected chi connectivity index (χ3v) is 4.70. The minimum absolute atomic E-state index is 0.0952. The molecule has 2 unspecified atom stereocenters. The van der Waals surface area contributed by atoms with Gasteiger partial charge in [0.15, 0.2) is 0 Å². The fraction of sp³-hybridized carbons (Fsp3) is 0.467. The predicted molar refractivity (Wildman–Crippen MR) is 81.4 cm³/mol. The van der Waals surface area contributed by atoms with Gasteiger partial charge in [0.05, 0.1) is 21.9 Å².